The van der Waals surface area contributed by atoms with E-state index in [1.54, 1.807) is 0 Å². The number of fused-ring (bicyclic) bond motifs is 3. The lowest BCUT2D eigenvalue weighted by atomic mass is 9.76. The Balaban J connectivity index is 1.64. The van der Waals surface area contributed by atoms with Crippen molar-refractivity contribution in [2.45, 2.75) is 85.6 Å². The summed E-state index contributed by atoms with van der Waals surface area (Å²) in [6, 6.07) is 3.34. The van der Waals surface area contributed by atoms with E-state index in [9.17, 15) is 53.8 Å². The summed E-state index contributed by atoms with van der Waals surface area (Å²) in [6.07, 6.45) is -12.5. The molecular formula is C30H29F8NO5S. The second-order valence-electron chi connectivity index (χ2n) is 12.1. The highest BCUT2D eigenvalue weighted by atomic mass is 32.2. The number of halogens is 8. The average Bonchev–Trinajstić information content (AvgIpc) is 3.38. The van der Waals surface area contributed by atoms with E-state index in [-0.39, 0.29) is 79.1 Å². The standard InChI is InChI=1S/C30H29F8NO5S/c1-16-14-21(8-10-23(16)31)45(43,44)27-12-13-39(25(40)17-2-4-18(5-3-17)26(41)42)24(27)11-6-19-15-20(7-9-22(19)27)28(32,29(33,34)35)30(36,37)38/h7-10,14-15,17-18,24H,2-6,11-13H2,1H3,(H,41,42)/t17-,18-,24?,27?. The van der Waals surface area contributed by atoms with Crippen LogP contribution in [0.2, 0.25) is 0 Å². The molecule has 3 aliphatic rings. The largest absolute Gasteiger partial charge is 0.481 e. The first-order valence-corrected chi connectivity index (χ1v) is 15.8. The number of benzene rings is 2. The monoisotopic (exact) mass is 667 g/mol. The molecule has 2 atom stereocenters. The Labute approximate surface area is 253 Å². The van der Waals surface area contributed by atoms with E-state index in [1.807, 2.05) is 0 Å². The molecule has 1 saturated carbocycles. The molecule has 246 valence electrons. The van der Waals surface area contributed by atoms with Gasteiger partial charge in [-0.3, -0.25) is 9.59 Å². The summed E-state index contributed by atoms with van der Waals surface area (Å²) in [4.78, 5) is 26.2. The van der Waals surface area contributed by atoms with Gasteiger partial charge in [-0.25, -0.2) is 17.2 Å². The van der Waals surface area contributed by atoms with Gasteiger partial charge < -0.3 is 10.0 Å². The van der Waals surface area contributed by atoms with Crippen molar-refractivity contribution in [2.75, 3.05) is 6.54 Å². The predicted octanol–water partition coefficient (Wildman–Crippen LogP) is 6.53. The Morgan fingerprint density at radius 1 is 0.889 bits per heavy atom. The topological polar surface area (TPSA) is 91.8 Å². The highest BCUT2D eigenvalue weighted by Gasteiger charge is 2.74. The van der Waals surface area contributed by atoms with Gasteiger partial charge in [0.1, 0.15) is 10.6 Å². The summed E-state index contributed by atoms with van der Waals surface area (Å²) in [5.41, 5.74) is -7.89. The maximum Gasteiger partial charge on any atom is 0.435 e. The van der Waals surface area contributed by atoms with E-state index in [0.717, 1.165) is 24.3 Å². The minimum atomic E-state index is -6.37. The summed E-state index contributed by atoms with van der Waals surface area (Å²) in [6.45, 7) is 1.19. The Morgan fingerprint density at radius 3 is 2.04 bits per heavy atom. The van der Waals surface area contributed by atoms with E-state index in [0.29, 0.717) is 6.07 Å². The molecule has 1 aliphatic heterocycles. The minimum absolute atomic E-state index is 0.0332. The van der Waals surface area contributed by atoms with Crippen LogP contribution in [0, 0.1) is 24.6 Å². The zero-order chi connectivity index (χ0) is 33.3. The average molecular weight is 668 g/mol. The normalized spacial score (nSPS) is 25.9. The molecule has 1 amide bonds. The zero-order valence-electron chi connectivity index (χ0n) is 23.8. The fourth-order valence-electron chi connectivity index (χ4n) is 7.31. The number of carbonyl (C=O) groups is 2. The number of alkyl halides is 7. The number of likely N-dealkylation sites (tertiary alicyclic amines) is 1. The number of sulfone groups is 1. The zero-order valence-corrected chi connectivity index (χ0v) is 24.6. The lowest BCUT2D eigenvalue weighted by molar-refractivity contribution is -0.348. The molecule has 1 N–H and O–H groups in total. The third kappa shape index (κ3) is 4.99. The van der Waals surface area contributed by atoms with Crippen LogP contribution < -0.4 is 0 Å². The van der Waals surface area contributed by atoms with Gasteiger partial charge in [0, 0.05) is 18.0 Å². The molecule has 5 rings (SSSR count). The molecular weight excluding hydrogens is 638 g/mol. The number of carbonyl (C=O) groups excluding carboxylic acids is 1. The van der Waals surface area contributed by atoms with Gasteiger partial charge in [-0.15, -0.1) is 0 Å². The SMILES string of the molecule is Cc1cc(S(=O)(=O)C23CCN(C(=O)[C@H]4CC[C@H](C(=O)O)CC4)C2CCc2cc(C(F)(C(F)(F)F)C(F)(F)F)ccc23)ccc1F. The van der Waals surface area contributed by atoms with Crippen molar-refractivity contribution in [3.63, 3.8) is 0 Å². The van der Waals surface area contributed by atoms with E-state index in [1.165, 1.54) is 11.8 Å². The molecule has 6 nitrogen and oxygen atoms in total. The second kappa shape index (κ2) is 10.9. The maximum absolute atomic E-state index is 15.0. The van der Waals surface area contributed by atoms with Crippen LogP contribution in [-0.2, 0) is 36.3 Å². The third-order valence-electron chi connectivity index (χ3n) is 9.69. The summed E-state index contributed by atoms with van der Waals surface area (Å²) in [5, 5.41) is 9.32. The van der Waals surface area contributed by atoms with Gasteiger partial charge in [-0.2, -0.15) is 26.3 Å². The van der Waals surface area contributed by atoms with E-state index >= 15 is 4.39 Å². The van der Waals surface area contributed by atoms with Crippen LogP contribution in [0.15, 0.2) is 41.3 Å². The first-order valence-electron chi connectivity index (χ1n) is 14.3. The van der Waals surface area contributed by atoms with Crippen LogP contribution in [0.4, 0.5) is 35.1 Å². The Bertz CT molecular complexity index is 1620. The molecule has 2 aliphatic carbocycles. The van der Waals surface area contributed by atoms with Crippen LogP contribution >= 0.6 is 0 Å². The van der Waals surface area contributed by atoms with Crippen molar-refractivity contribution in [1.29, 1.82) is 0 Å². The van der Waals surface area contributed by atoms with Crippen molar-refractivity contribution < 1.29 is 58.2 Å². The Kier molecular flexibility index (Phi) is 8.06. The Hall–Kier alpha value is -3.23. The number of carboxylic acid groups (broad SMARTS) is 1. The molecule has 1 saturated heterocycles. The molecule has 0 spiro atoms. The van der Waals surface area contributed by atoms with Crippen molar-refractivity contribution in [3.8, 4) is 0 Å². The predicted molar refractivity (Wildman–Crippen MR) is 143 cm³/mol. The second-order valence-corrected chi connectivity index (χ2v) is 14.3. The molecule has 0 radical (unpaired) electrons. The van der Waals surface area contributed by atoms with Gasteiger partial charge >= 0.3 is 24.0 Å². The number of hydrogen-bond acceptors (Lipinski definition) is 4. The minimum Gasteiger partial charge on any atom is -0.481 e. The highest BCUT2D eigenvalue weighted by molar-refractivity contribution is 7.92. The lowest BCUT2D eigenvalue weighted by Gasteiger charge is -2.44. The number of amides is 1. The number of nitrogens with zero attached hydrogens (tertiary/aromatic N) is 1. The van der Waals surface area contributed by atoms with Crippen LogP contribution in [0.1, 0.15) is 60.8 Å². The van der Waals surface area contributed by atoms with Crippen LogP contribution in [-0.4, -0.2) is 55.2 Å². The molecule has 15 heteroatoms. The van der Waals surface area contributed by atoms with Gasteiger partial charge in [0.2, 0.25) is 5.91 Å². The smallest absolute Gasteiger partial charge is 0.435 e. The molecule has 45 heavy (non-hydrogen) atoms. The number of aryl methyl sites for hydroxylation is 2. The maximum atomic E-state index is 15.0. The first-order chi connectivity index (χ1) is 20.8. The van der Waals surface area contributed by atoms with Crippen molar-refractivity contribution >= 4 is 21.7 Å². The molecule has 0 bridgehead atoms. The summed E-state index contributed by atoms with van der Waals surface area (Å²) < 4.78 is 138. The van der Waals surface area contributed by atoms with Crippen molar-refractivity contribution in [2.24, 2.45) is 11.8 Å². The number of rotatable bonds is 5. The number of hydrogen-bond donors (Lipinski definition) is 1. The van der Waals surface area contributed by atoms with Gasteiger partial charge in [0.25, 0.3) is 0 Å². The van der Waals surface area contributed by atoms with Gasteiger partial charge in [-0.05, 0) is 86.8 Å². The van der Waals surface area contributed by atoms with Crippen molar-refractivity contribution in [1.82, 2.24) is 4.90 Å². The Morgan fingerprint density at radius 2 is 1.49 bits per heavy atom. The molecule has 1 heterocycles. The molecule has 2 unspecified atom stereocenters. The van der Waals surface area contributed by atoms with Crippen LogP contribution in [0.3, 0.4) is 0 Å². The fraction of sp³-hybridized carbons (Fsp3) is 0.533. The summed E-state index contributed by atoms with van der Waals surface area (Å²) >= 11 is 0. The molecule has 2 aromatic carbocycles. The quantitative estimate of drug-likeness (QED) is 0.289. The van der Waals surface area contributed by atoms with Gasteiger partial charge in [-0.1, -0.05) is 18.2 Å². The van der Waals surface area contributed by atoms with E-state index < -0.39 is 73.7 Å². The third-order valence-corrected chi connectivity index (χ3v) is 12.2. The molecule has 2 fully saturated rings. The van der Waals surface area contributed by atoms with E-state index in [4.69, 9.17) is 0 Å². The molecule has 2 aromatic rings. The lowest BCUT2D eigenvalue weighted by Crippen LogP contribution is -2.53. The van der Waals surface area contributed by atoms with Gasteiger partial charge in [0.15, 0.2) is 9.84 Å². The van der Waals surface area contributed by atoms with Gasteiger partial charge in [0.05, 0.1) is 16.9 Å². The van der Waals surface area contributed by atoms with Crippen molar-refractivity contribution in [3.05, 3.63) is 64.5 Å². The highest BCUT2D eigenvalue weighted by Crippen LogP contribution is 2.57. The van der Waals surface area contributed by atoms with Crippen LogP contribution in [0.5, 0.6) is 0 Å². The number of carboxylic acids is 1. The van der Waals surface area contributed by atoms with Crippen LogP contribution in [0.25, 0.3) is 0 Å². The fourth-order valence-corrected chi connectivity index (χ4v) is 9.76. The van der Waals surface area contributed by atoms with E-state index in [2.05, 4.69) is 0 Å². The summed E-state index contributed by atoms with van der Waals surface area (Å²) in [7, 11) is -4.61. The first kappa shape index (κ1) is 33.1. The number of aliphatic carboxylic acids is 1. The summed E-state index contributed by atoms with van der Waals surface area (Å²) in [5.74, 6) is -3.36. The molecule has 0 aromatic heterocycles.